The van der Waals surface area contributed by atoms with Crippen LogP contribution < -0.4 is 10.6 Å². The molecule has 0 aliphatic carbocycles. The number of benzene rings is 1. The molecule has 1 unspecified atom stereocenters. The number of pyridine rings is 1. The van der Waals surface area contributed by atoms with Gasteiger partial charge in [0, 0.05) is 16.4 Å². The molecular formula is C17H14BrN7O. The topological polar surface area (TPSA) is 97.6 Å². The molecule has 8 nitrogen and oxygen atoms in total. The summed E-state index contributed by atoms with van der Waals surface area (Å²) in [7, 11) is 0. The summed E-state index contributed by atoms with van der Waals surface area (Å²) in [6.45, 7) is 1.83. The number of hydrogen-bond acceptors (Lipinski definition) is 6. The summed E-state index contributed by atoms with van der Waals surface area (Å²) >= 11 is 3.48. The van der Waals surface area contributed by atoms with Gasteiger partial charge in [-0.05, 0) is 47.2 Å². The van der Waals surface area contributed by atoms with Crippen molar-refractivity contribution in [2.75, 3.05) is 10.6 Å². The predicted molar refractivity (Wildman–Crippen MR) is 99.3 cm³/mol. The summed E-state index contributed by atoms with van der Waals surface area (Å²) in [4.78, 5) is 17.1. The van der Waals surface area contributed by atoms with Gasteiger partial charge in [0.2, 0.25) is 5.95 Å². The Morgan fingerprint density at radius 3 is 2.96 bits per heavy atom. The Labute approximate surface area is 157 Å². The summed E-state index contributed by atoms with van der Waals surface area (Å²) < 4.78 is 2.51. The van der Waals surface area contributed by atoms with Crippen molar-refractivity contribution >= 4 is 33.5 Å². The number of carbonyl (C=O) groups is 1. The highest BCUT2D eigenvalue weighted by Gasteiger charge is 2.34. The number of nitrogens with zero attached hydrogens (tertiary/aromatic N) is 5. The fourth-order valence-electron chi connectivity index (χ4n) is 2.93. The number of tetrazole rings is 1. The van der Waals surface area contributed by atoms with E-state index in [0.29, 0.717) is 22.9 Å². The van der Waals surface area contributed by atoms with Crippen molar-refractivity contribution in [3.05, 3.63) is 70.1 Å². The normalized spacial score (nSPS) is 16.0. The number of halogens is 1. The Hall–Kier alpha value is -3.07. The molecule has 0 bridgehead atoms. The Bertz CT molecular complexity index is 999. The van der Waals surface area contributed by atoms with Crippen molar-refractivity contribution in [2.45, 2.75) is 13.0 Å². The van der Waals surface area contributed by atoms with Crippen LogP contribution in [0.2, 0.25) is 0 Å². The number of anilines is 2. The van der Waals surface area contributed by atoms with Crippen molar-refractivity contribution in [2.24, 2.45) is 0 Å². The van der Waals surface area contributed by atoms with Crippen LogP contribution >= 0.6 is 15.9 Å². The molecule has 2 N–H and O–H groups in total. The summed E-state index contributed by atoms with van der Waals surface area (Å²) in [5.74, 6) is 0.250. The van der Waals surface area contributed by atoms with E-state index in [-0.39, 0.29) is 5.91 Å². The summed E-state index contributed by atoms with van der Waals surface area (Å²) in [5.41, 5.74) is 2.74. The van der Waals surface area contributed by atoms with Gasteiger partial charge in [0.1, 0.15) is 6.04 Å². The average Bonchev–Trinajstić information content (AvgIpc) is 3.09. The maximum atomic E-state index is 13.0. The molecule has 1 aliphatic heterocycles. The molecule has 1 amide bonds. The molecule has 0 saturated carbocycles. The highest BCUT2D eigenvalue weighted by Crippen LogP contribution is 2.35. The number of rotatable bonds is 3. The number of nitrogens with one attached hydrogen (secondary N) is 2. The first-order chi connectivity index (χ1) is 12.6. The van der Waals surface area contributed by atoms with Gasteiger partial charge < -0.3 is 10.6 Å². The molecule has 3 aromatic rings. The minimum absolute atomic E-state index is 0.242. The van der Waals surface area contributed by atoms with Gasteiger partial charge in [-0.2, -0.15) is 4.68 Å². The third-order valence-electron chi connectivity index (χ3n) is 4.04. The number of fused-ring (bicyclic) bond motifs is 1. The van der Waals surface area contributed by atoms with Crippen LogP contribution in [0.25, 0.3) is 0 Å². The van der Waals surface area contributed by atoms with E-state index >= 15 is 0 Å². The van der Waals surface area contributed by atoms with Crippen LogP contribution in [0.5, 0.6) is 0 Å². The lowest BCUT2D eigenvalue weighted by Crippen LogP contribution is -2.31. The van der Waals surface area contributed by atoms with E-state index < -0.39 is 6.04 Å². The maximum Gasteiger partial charge on any atom is 0.255 e. The second-order valence-corrected chi connectivity index (χ2v) is 6.68. The highest BCUT2D eigenvalue weighted by molar-refractivity contribution is 9.10. The van der Waals surface area contributed by atoms with Gasteiger partial charge >= 0.3 is 0 Å². The van der Waals surface area contributed by atoms with Crippen LogP contribution in [0.4, 0.5) is 11.6 Å². The molecule has 0 saturated heterocycles. The molecule has 1 aliphatic rings. The third-order valence-corrected chi connectivity index (χ3v) is 4.54. The molecule has 2 aromatic heterocycles. The quantitative estimate of drug-likeness (QED) is 0.687. The standard InChI is InChI=1S/C17H14BrN7O/c1-10-14(16(26)21-13-6-3-7-19-9-13)15(11-4-2-5-12(18)8-11)25-17(20-10)22-23-24-25/h2-9,15H,1H3,(H,21,26)(H,20,22,24). The second kappa shape index (κ2) is 6.68. The molecule has 0 spiro atoms. The Kier molecular flexibility index (Phi) is 4.21. The van der Waals surface area contributed by atoms with Gasteiger partial charge in [0.15, 0.2) is 0 Å². The van der Waals surface area contributed by atoms with E-state index in [0.717, 1.165) is 10.0 Å². The number of amides is 1. The van der Waals surface area contributed by atoms with Crippen LogP contribution in [0.3, 0.4) is 0 Å². The van der Waals surface area contributed by atoms with Crippen molar-refractivity contribution in [1.29, 1.82) is 0 Å². The first-order valence-corrected chi connectivity index (χ1v) is 8.65. The van der Waals surface area contributed by atoms with E-state index in [1.165, 1.54) is 0 Å². The Balaban J connectivity index is 1.78. The molecule has 9 heteroatoms. The smallest absolute Gasteiger partial charge is 0.255 e. The summed E-state index contributed by atoms with van der Waals surface area (Å²) in [6, 6.07) is 10.8. The molecule has 0 radical (unpaired) electrons. The largest absolute Gasteiger partial charge is 0.326 e. The number of aromatic nitrogens is 5. The van der Waals surface area contributed by atoms with Gasteiger partial charge in [-0.1, -0.05) is 33.2 Å². The van der Waals surface area contributed by atoms with Gasteiger partial charge in [-0.25, -0.2) is 0 Å². The van der Waals surface area contributed by atoms with Crippen molar-refractivity contribution in [3.63, 3.8) is 0 Å². The lowest BCUT2D eigenvalue weighted by Gasteiger charge is -2.28. The zero-order valence-electron chi connectivity index (χ0n) is 13.7. The van der Waals surface area contributed by atoms with Gasteiger partial charge in [0.25, 0.3) is 5.91 Å². The predicted octanol–water partition coefficient (Wildman–Crippen LogP) is 2.76. The first kappa shape index (κ1) is 16.4. The van der Waals surface area contributed by atoms with Gasteiger partial charge in [-0.3, -0.25) is 9.78 Å². The monoisotopic (exact) mass is 411 g/mol. The number of allylic oxidation sites excluding steroid dienone is 1. The van der Waals surface area contributed by atoms with E-state index in [9.17, 15) is 4.79 Å². The lowest BCUT2D eigenvalue weighted by molar-refractivity contribution is -0.113. The van der Waals surface area contributed by atoms with Crippen molar-refractivity contribution < 1.29 is 4.79 Å². The molecule has 1 aromatic carbocycles. The minimum Gasteiger partial charge on any atom is -0.326 e. The van der Waals surface area contributed by atoms with Crippen LogP contribution in [0, 0.1) is 0 Å². The second-order valence-electron chi connectivity index (χ2n) is 5.76. The molecule has 1 atom stereocenters. The highest BCUT2D eigenvalue weighted by atomic mass is 79.9. The summed E-state index contributed by atoms with van der Waals surface area (Å²) in [6.07, 6.45) is 3.25. The van der Waals surface area contributed by atoms with Gasteiger partial charge in [-0.15, -0.1) is 0 Å². The zero-order valence-corrected chi connectivity index (χ0v) is 15.3. The fraction of sp³-hybridized carbons (Fsp3) is 0.118. The average molecular weight is 412 g/mol. The van der Waals surface area contributed by atoms with Crippen LogP contribution in [-0.2, 0) is 4.79 Å². The Morgan fingerprint density at radius 1 is 1.31 bits per heavy atom. The van der Waals surface area contributed by atoms with E-state index in [2.05, 4.69) is 47.1 Å². The SMILES string of the molecule is CC1=C(C(=O)Nc2cccnc2)C(c2cccc(Br)c2)n2nnnc2N1. The zero-order chi connectivity index (χ0) is 18.1. The van der Waals surface area contributed by atoms with E-state index in [1.807, 2.05) is 31.2 Å². The van der Waals surface area contributed by atoms with Crippen LogP contribution in [-0.4, -0.2) is 31.1 Å². The van der Waals surface area contributed by atoms with E-state index in [1.54, 1.807) is 29.2 Å². The van der Waals surface area contributed by atoms with Crippen LogP contribution in [0.15, 0.2) is 64.5 Å². The molecule has 3 heterocycles. The molecular weight excluding hydrogens is 398 g/mol. The molecule has 4 rings (SSSR count). The van der Waals surface area contributed by atoms with Gasteiger partial charge in [0.05, 0.1) is 17.5 Å². The molecule has 0 fully saturated rings. The molecule has 26 heavy (non-hydrogen) atoms. The van der Waals surface area contributed by atoms with E-state index in [4.69, 9.17) is 0 Å². The maximum absolute atomic E-state index is 13.0. The van der Waals surface area contributed by atoms with Crippen molar-refractivity contribution in [3.8, 4) is 0 Å². The lowest BCUT2D eigenvalue weighted by atomic mass is 9.95. The van der Waals surface area contributed by atoms with Crippen LogP contribution in [0.1, 0.15) is 18.5 Å². The summed E-state index contributed by atoms with van der Waals surface area (Å²) in [5, 5.41) is 17.8. The Morgan fingerprint density at radius 2 is 2.19 bits per heavy atom. The fourth-order valence-corrected chi connectivity index (χ4v) is 3.34. The minimum atomic E-state index is -0.449. The molecule has 130 valence electrons. The van der Waals surface area contributed by atoms with Crippen molar-refractivity contribution in [1.82, 2.24) is 25.2 Å². The third kappa shape index (κ3) is 2.97. The number of hydrogen-bond donors (Lipinski definition) is 2. The first-order valence-electron chi connectivity index (χ1n) is 7.86. The number of carbonyl (C=O) groups excluding carboxylic acids is 1.